The number of piperidine rings is 1. The molecule has 0 bridgehead atoms. The lowest BCUT2D eigenvalue weighted by molar-refractivity contribution is 0.00700. The molecule has 0 spiro atoms. The fourth-order valence-corrected chi connectivity index (χ4v) is 3.39. The monoisotopic (exact) mass is 426 g/mol. The molecule has 26 heavy (non-hydrogen) atoms. The van der Waals surface area contributed by atoms with Gasteiger partial charge in [0.1, 0.15) is 11.4 Å². The summed E-state index contributed by atoms with van der Waals surface area (Å²) in [6, 6.07) is 4.98. The zero-order valence-corrected chi connectivity index (χ0v) is 17.6. The fraction of sp³-hybridized carbons (Fsp3) is 0.579. The number of likely N-dealkylation sites (tertiary alicyclic amines) is 1. The number of halogens is 1. The van der Waals surface area contributed by atoms with Crippen molar-refractivity contribution in [3.63, 3.8) is 0 Å². The van der Waals surface area contributed by atoms with E-state index in [4.69, 9.17) is 9.47 Å². The number of nitrogens with one attached hydrogen (secondary N) is 1. The molecule has 2 rings (SSSR count). The second-order valence-electron chi connectivity index (χ2n) is 7.48. The number of carbonyl (C=O) groups excluding carboxylic acids is 2. The Hall–Kier alpha value is -1.76. The Morgan fingerprint density at radius 1 is 1.31 bits per heavy atom. The molecule has 6 nitrogen and oxygen atoms in total. The van der Waals surface area contributed by atoms with Gasteiger partial charge in [0.25, 0.3) is 5.91 Å². The van der Waals surface area contributed by atoms with E-state index in [1.165, 1.54) is 0 Å². The van der Waals surface area contributed by atoms with Gasteiger partial charge in [0, 0.05) is 17.1 Å². The highest BCUT2D eigenvalue weighted by atomic mass is 79.9. The first kappa shape index (κ1) is 20.6. The summed E-state index contributed by atoms with van der Waals surface area (Å²) < 4.78 is 11.4. The number of hydrogen-bond acceptors (Lipinski definition) is 4. The lowest BCUT2D eigenvalue weighted by Gasteiger charge is -2.40. The molecule has 1 heterocycles. The number of methoxy groups -OCH3 is 1. The average Bonchev–Trinajstić information content (AvgIpc) is 2.55. The number of benzene rings is 1. The van der Waals surface area contributed by atoms with Gasteiger partial charge >= 0.3 is 6.09 Å². The lowest BCUT2D eigenvalue weighted by Crippen LogP contribution is -2.56. The van der Waals surface area contributed by atoms with Crippen LogP contribution in [-0.4, -0.2) is 48.2 Å². The van der Waals surface area contributed by atoms with Gasteiger partial charge in [-0.2, -0.15) is 0 Å². The molecule has 2 amide bonds. The number of nitrogens with zero attached hydrogens (tertiary/aromatic N) is 1. The highest BCUT2D eigenvalue weighted by Gasteiger charge is 2.34. The molecule has 1 aliphatic heterocycles. The number of carbonyl (C=O) groups is 2. The predicted octanol–water partition coefficient (Wildman–Crippen LogP) is 3.98. The zero-order valence-electron chi connectivity index (χ0n) is 16.0. The van der Waals surface area contributed by atoms with Crippen molar-refractivity contribution >= 4 is 27.9 Å². The van der Waals surface area contributed by atoms with Crippen molar-refractivity contribution in [1.82, 2.24) is 10.2 Å². The topological polar surface area (TPSA) is 67.9 Å². The SMILES string of the molecule is COc1ccc(Br)c(C(=O)N[C@H]2CCCN(C(=O)OC(C)(C)C)[C@@H]2C)c1. The van der Waals surface area contributed by atoms with Gasteiger partial charge in [0.2, 0.25) is 0 Å². The molecule has 0 aliphatic carbocycles. The quantitative estimate of drug-likeness (QED) is 0.793. The van der Waals surface area contributed by atoms with Crippen molar-refractivity contribution in [1.29, 1.82) is 0 Å². The molecule has 7 heteroatoms. The molecule has 0 aromatic heterocycles. The maximum absolute atomic E-state index is 12.7. The first-order chi connectivity index (χ1) is 12.1. The summed E-state index contributed by atoms with van der Waals surface area (Å²) in [7, 11) is 1.56. The Bertz CT molecular complexity index is 672. The molecule has 144 valence electrons. The summed E-state index contributed by atoms with van der Waals surface area (Å²) in [6.45, 7) is 8.11. The predicted molar refractivity (Wildman–Crippen MR) is 104 cm³/mol. The maximum Gasteiger partial charge on any atom is 0.410 e. The van der Waals surface area contributed by atoms with Crippen molar-refractivity contribution in [2.24, 2.45) is 0 Å². The second-order valence-corrected chi connectivity index (χ2v) is 8.34. The fourth-order valence-electron chi connectivity index (χ4n) is 2.97. The minimum atomic E-state index is -0.543. The molecule has 1 aromatic carbocycles. The van der Waals surface area contributed by atoms with Gasteiger partial charge in [-0.15, -0.1) is 0 Å². The first-order valence-corrected chi connectivity index (χ1v) is 9.55. The van der Waals surface area contributed by atoms with Crippen LogP contribution in [0.25, 0.3) is 0 Å². The van der Waals surface area contributed by atoms with Crippen molar-refractivity contribution in [2.75, 3.05) is 13.7 Å². The van der Waals surface area contributed by atoms with Crippen LogP contribution in [0.5, 0.6) is 5.75 Å². The largest absolute Gasteiger partial charge is 0.497 e. The number of rotatable bonds is 3. The van der Waals surface area contributed by atoms with E-state index in [2.05, 4.69) is 21.2 Å². The van der Waals surface area contributed by atoms with Crippen molar-refractivity contribution < 1.29 is 19.1 Å². The van der Waals surface area contributed by atoms with E-state index in [0.717, 1.165) is 12.8 Å². The Morgan fingerprint density at radius 2 is 2.00 bits per heavy atom. The molecule has 1 aliphatic rings. The normalized spacial score (nSPS) is 20.5. The van der Waals surface area contributed by atoms with Gasteiger partial charge in [-0.25, -0.2) is 4.79 Å². The summed E-state index contributed by atoms with van der Waals surface area (Å²) >= 11 is 3.41. The minimum Gasteiger partial charge on any atom is -0.497 e. The maximum atomic E-state index is 12.7. The van der Waals surface area contributed by atoms with Crippen molar-refractivity contribution in [3.05, 3.63) is 28.2 Å². The number of amides is 2. The summed E-state index contributed by atoms with van der Waals surface area (Å²) in [5, 5.41) is 3.05. The van der Waals surface area contributed by atoms with Gasteiger partial charge in [-0.1, -0.05) is 0 Å². The van der Waals surface area contributed by atoms with Crippen LogP contribution in [0.1, 0.15) is 50.9 Å². The molecule has 1 N–H and O–H groups in total. The van der Waals surface area contributed by atoms with E-state index in [1.54, 1.807) is 30.2 Å². The van der Waals surface area contributed by atoms with Gasteiger partial charge in [-0.05, 0) is 74.7 Å². The van der Waals surface area contributed by atoms with Crippen LogP contribution in [0.4, 0.5) is 4.79 Å². The number of ether oxygens (including phenoxy) is 2. The van der Waals surface area contributed by atoms with E-state index in [0.29, 0.717) is 22.3 Å². The Balaban J connectivity index is 2.09. The highest BCUT2D eigenvalue weighted by Crippen LogP contribution is 2.24. The Labute approximate surface area is 163 Å². The van der Waals surface area contributed by atoms with Crippen LogP contribution in [0.3, 0.4) is 0 Å². The average molecular weight is 427 g/mol. The molecular weight excluding hydrogens is 400 g/mol. The zero-order chi connectivity index (χ0) is 19.5. The van der Waals surface area contributed by atoms with Gasteiger partial charge < -0.3 is 19.7 Å². The van der Waals surface area contributed by atoms with Crippen LogP contribution in [0.15, 0.2) is 22.7 Å². The highest BCUT2D eigenvalue weighted by molar-refractivity contribution is 9.10. The Kier molecular flexibility index (Phi) is 6.55. The van der Waals surface area contributed by atoms with E-state index in [9.17, 15) is 9.59 Å². The summed E-state index contributed by atoms with van der Waals surface area (Å²) in [6.07, 6.45) is 1.29. The van der Waals surface area contributed by atoms with E-state index in [1.807, 2.05) is 27.7 Å². The van der Waals surface area contributed by atoms with Crippen molar-refractivity contribution in [2.45, 2.75) is 58.2 Å². The summed E-state index contributed by atoms with van der Waals surface area (Å²) in [4.78, 5) is 26.8. The van der Waals surface area contributed by atoms with Crippen LogP contribution < -0.4 is 10.1 Å². The standard InChI is InChI=1S/C19H27BrN2O4/c1-12-16(7-6-10-22(12)18(24)26-19(2,3)4)21-17(23)14-11-13(25-5)8-9-15(14)20/h8-9,11-12,16H,6-7,10H2,1-5H3,(H,21,23)/t12-,16+/m1/s1. The van der Waals surface area contributed by atoms with Crippen molar-refractivity contribution in [3.8, 4) is 5.75 Å². The molecule has 1 fully saturated rings. The summed E-state index contributed by atoms with van der Waals surface area (Å²) in [5.41, 5.74) is -0.0377. The van der Waals surface area contributed by atoms with Gasteiger partial charge in [0.05, 0.1) is 18.7 Å². The lowest BCUT2D eigenvalue weighted by atomic mass is 9.97. The van der Waals surface area contributed by atoms with Crippen LogP contribution in [0, 0.1) is 0 Å². The first-order valence-electron chi connectivity index (χ1n) is 8.76. The second kappa shape index (κ2) is 8.29. The molecule has 0 saturated carbocycles. The molecule has 0 unspecified atom stereocenters. The van der Waals surface area contributed by atoms with E-state index < -0.39 is 5.60 Å². The van der Waals surface area contributed by atoms with Crippen LogP contribution in [0.2, 0.25) is 0 Å². The third kappa shape index (κ3) is 5.13. The molecule has 1 aromatic rings. The number of hydrogen-bond donors (Lipinski definition) is 1. The molecule has 0 radical (unpaired) electrons. The van der Waals surface area contributed by atoms with Gasteiger partial charge in [-0.3, -0.25) is 4.79 Å². The van der Waals surface area contributed by atoms with Gasteiger partial charge in [0.15, 0.2) is 0 Å². The third-order valence-corrected chi connectivity index (χ3v) is 5.04. The minimum absolute atomic E-state index is 0.137. The molecule has 2 atom stereocenters. The molecular formula is C19H27BrN2O4. The molecule has 1 saturated heterocycles. The van der Waals surface area contributed by atoms with E-state index >= 15 is 0 Å². The smallest absolute Gasteiger partial charge is 0.410 e. The Morgan fingerprint density at radius 3 is 2.62 bits per heavy atom. The third-order valence-electron chi connectivity index (χ3n) is 4.35. The van der Waals surface area contributed by atoms with Crippen LogP contribution in [-0.2, 0) is 4.74 Å². The van der Waals surface area contributed by atoms with Crippen LogP contribution >= 0.6 is 15.9 Å². The summed E-state index contributed by atoms with van der Waals surface area (Å²) in [5.74, 6) is 0.420. The van der Waals surface area contributed by atoms with E-state index in [-0.39, 0.29) is 24.1 Å².